The molecule has 0 aliphatic heterocycles. The number of aryl methyl sites for hydroxylation is 1. The highest BCUT2D eigenvalue weighted by Crippen LogP contribution is 2.16. The maximum absolute atomic E-state index is 12.2. The van der Waals surface area contributed by atoms with E-state index in [-0.39, 0.29) is 11.4 Å². The third kappa shape index (κ3) is 3.24. The van der Waals surface area contributed by atoms with Gasteiger partial charge in [0.15, 0.2) is 0 Å². The van der Waals surface area contributed by atoms with Gasteiger partial charge in [0.2, 0.25) is 10.0 Å². The molecule has 20 heavy (non-hydrogen) atoms. The van der Waals surface area contributed by atoms with E-state index in [0.29, 0.717) is 12.4 Å². The first-order valence-corrected chi connectivity index (χ1v) is 7.85. The first-order chi connectivity index (χ1) is 9.56. The zero-order chi connectivity index (χ0) is 14.6. The number of hydrogen-bond donors (Lipinski definition) is 3. The number of aromatic amines is 1. The Labute approximate surface area is 118 Å². The second-order valence-electron chi connectivity index (χ2n) is 4.35. The summed E-state index contributed by atoms with van der Waals surface area (Å²) in [7, 11) is -3.56. The second-order valence-corrected chi connectivity index (χ2v) is 6.12. The van der Waals surface area contributed by atoms with Crippen molar-refractivity contribution >= 4 is 10.0 Å². The van der Waals surface area contributed by atoms with Gasteiger partial charge in [-0.3, -0.25) is 0 Å². The summed E-state index contributed by atoms with van der Waals surface area (Å²) in [5.74, 6) is 0.567. The average Bonchev–Trinajstić information content (AvgIpc) is 2.97. The molecule has 1 aromatic carbocycles. The van der Waals surface area contributed by atoms with Crippen LogP contribution in [0.3, 0.4) is 0 Å². The second kappa shape index (κ2) is 6.17. The van der Waals surface area contributed by atoms with Crippen LogP contribution in [0.1, 0.15) is 23.9 Å². The third-order valence-electron chi connectivity index (χ3n) is 3.07. The van der Waals surface area contributed by atoms with Crippen LogP contribution in [0.25, 0.3) is 0 Å². The Morgan fingerprint density at radius 3 is 2.75 bits per heavy atom. The molecule has 0 aliphatic carbocycles. The lowest BCUT2D eigenvalue weighted by Gasteiger charge is -2.10. The molecule has 1 heterocycles. The zero-order valence-electron chi connectivity index (χ0n) is 11.3. The minimum absolute atomic E-state index is 0.128. The molecule has 2 aromatic rings. The van der Waals surface area contributed by atoms with Crippen LogP contribution in [0.2, 0.25) is 0 Å². The van der Waals surface area contributed by atoms with Crippen molar-refractivity contribution in [2.75, 3.05) is 0 Å². The quantitative estimate of drug-likeness (QED) is 0.737. The summed E-state index contributed by atoms with van der Waals surface area (Å²) in [6.07, 6.45) is 4.05. The van der Waals surface area contributed by atoms with Crippen LogP contribution in [-0.2, 0) is 29.5 Å². The smallest absolute Gasteiger partial charge is 0.240 e. The lowest BCUT2D eigenvalue weighted by atomic mass is 10.1. The van der Waals surface area contributed by atoms with E-state index < -0.39 is 10.0 Å². The van der Waals surface area contributed by atoms with Crippen molar-refractivity contribution in [2.24, 2.45) is 5.73 Å². The van der Waals surface area contributed by atoms with E-state index in [0.717, 1.165) is 17.5 Å². The summed E-state index contributed by atoms with van der Waals surface area (Å²) in [5, 5.41) is 0. The summed E-state index contributed by atoms with van der Waals surface area (Å²) in [4.78, 5) is 7.04. The molecule has 7 heteroatoms. The van der Waals surface area contributed by atoms with Crippen LogP contribution in [0.4, 0.5) is 0 Å². The normalized spacial score (nSPS) is 11.7. The van der Waals surface area contributed by atoms with Gasteiger partial charge in [0, 0.05) is 18.9 Å². The molecule has 0 radical (unpaired) electrons. The lowest BCUT2D eigenvalue weighted by Crippen LogP contribution is -2.24. The van der Waals surface area contributed by atoms with E-state index in [9.17, 15) is 8.42 Å². The van der Waals surface area contributed by atoms with Gasteiger partial charge in [-0.05, 0) is 29.7 Å². The number of aromatic nitrogens is 2. The Hall–Kier alpha value is -1.70. The number of rotatable bonds is 6. The number of imidazole rings is 1. The van der Waals surface area contributed by atoms with Crippen molar-refractivity contribution in [3.8, 4) is 0 Å². The van der Waals surface area contributed by atoms with Crippen LogP contribution in [0.15, 0.2) is 35.5 Å². The molecule has 0 atom stereocenters. The van der Waals surface area contributed by atoms with E-state index in [1.807, 2.05) is 13.0 Å². The zero-order valence-corrected chi connectivity index (χ0v) is 12.1. The summed E-state index contributed by atoms with van der Waals surface area (Å²) >= 11 is 0. The average molecular weight is 294 g/mol. The maximum atomic E-state index is 12.2. The first kappa shape index (κ1) is 14.7. The Balaban J connectivity index is 2.20. The van der Waals surface area contributed by atoms with E-state index in [4.69, 9.17) is 5.73 Å². The predicted molar refractivity (Wildman–Crippen MR) is 76.3 cm³/mol. The highest BCUT2D eigenvalue weighted by atomic mass is 32.2. The molecule has 0 bridgehead atoms. The van der Waals surface area contributed by atoms with Crippen molar-refractivity contribution in [2.45, 2.75) is 31.3 Å². The molecule has 4 N–H and O–H groups in total. The summed E-state index contributed by atoms with van der Waals surface area (Å²) in [6.45, 7) is 2.46. The fourth-order valence-corrected chi connectivity index (χ4v) is 2.98. The molecular formula is C13H18N4O2S. The van der Waals surface area contributed by atoms with Crippen molar-refractivity contribution in [3.05, 3.63) is 47.5 Å². The van der Waals surface area contributed by atoms with Gasteiger partial charge < -0.3 is 10.7 Å². The van der Waals surface area contributed by atoms with Crippen LogP contribution in [0.5, 0.6) is 0 Å². The van der Waals surface area contributed by atoms with Gasteiger partial charge in [-0.1, -0.05) is 13.0 Å². The Kier molecular flexibility index (Phi) is 4.53. The van der Waals surface area contributed by atoms with Crippen LogP contribution < -0.4 is 10.5 Å². The maximum Gasteiger partial charge on any atom is 0.240 e. The van der Waals surface area contributed by atoms with Gasteiger partial charge in [0.25, 0.3) is 0 Å². The predicted octanol–water partition coefficient (Wildman–Crippen LogP) is 0.909. The molecule has 1 aromatic heterocycles. The topological polar surface area (TPSA) is 101 Å². The summed E-state index contributed by atoms with van der Waals surface area (Å²) in [6, 6.07) is 5.04. The summed E-state index contributed by atoms with van der Waals surface area (Å²) in [5.41, 5.74) is 7.58. The Morgan fingerprint density at radius 2 is 2.15 bits per heavy atom. The van der Waals surface area contributed by atoms with Gasteiger partial charge in [-0.2, -0.15) is 0 Å². The molecule has 0 amide bonds. The molecule has 0 saturated carbocycles. The fourth-order valence-electron chi connectivity index (χ4n) is 1.95. The number of nitrogens with zero attached hydrogens (tertiary/aromatic N) is 1. The standard InChI is InChI=1S/C13H18N4O2S/c1-2-10-3-4-12(7-11(10)8-14)20(18,19)17-9-13-15-5-6-16-13/h3-7,17H,2,8-9,14H2,1H3,(H,15,16). The number of nitrogens with one attached hydrogen (secondary N) is 2. The van der Waals surface area contributed by atoms with Gasteiger partial charge in [0.05, 0.1) is 11.4 Å². The molecule has 0 saturated heterocycles. The van der Waals surface area contributed by atoms with E-state index in [1.165, 1.54) is 0 Å². The fraction of sp³-hybridized carbons (Fsp3) is 0.308. The Morgan fingerprint density at radius 1 is 1.35 bits per heavy atom. The highest BCUT2D eigenvalue weighted by molar-refractivity contribution is 7.89. The van der Waals surface area contributed by atoms with Gasteiger partial charge in [-0.25, -0.2) is 18.1 Å². The third-order valence-corrected chi connectivity index (χ3v) is 4.47. The van der Waals surface area contributed by atoms with Crippen molar-refractivity contribution in [1.82, 2.24) is 14.7 Å². The molecular weight excluding hydrogens is 276 g/mol. The number of sulfonamides is 1. The van der Waals surface area contributed by atoms with Crippen LogP contribution >= 0.6 is 0 Å². The first-order valence-electron chi connectivity index (χ1n) is 6.36. The van der Waals surface area contributed by atoms with E-state index in [2.05, 4.69) is 14.7 Å². The molecule has 0 fully saturated rings. The van der Waals surface area contributed by atoms with Gasteiger partial charge in [-0.15, -0.1) is 0 Å². The van der Waals surface area contributed by atoms with Crippen LogP contribution in [0, 0.1) is 0 Å². The highest BCUT2D eigenvalue weighted by Gasteiger charge is 2.15. The molecule has 2 rings (SSSR count). The number of benzene rings is 1. The molecule has 0 spiro atoms. The minimum atomic E-state index is -3.56. The lowest BCUT2D eigenvalue weighted by molar-refractivity contribution is 0.579. The van der Waals surface area contributed by atoms with Gasteiger partial charge >= 0.3 is 0 Å². The van der Waals surface area contributed by atoms with Crippen molar-refractivity contribution < 1.29 is 8.42 Å². The van der Waals surface area contributed by atoms with E-state index in [1.54, 1.807) is 24.5 Å². The SMILES string of the molecule is CCc1ccc(S(=O)(=O)NCc2ncc[nH]2)cc1CN. The number of H-pyrrole nitrogens is 1. The van der Waals surface area contributed by atoms with E-state index >= 15 is 0 Å². The Bertz CT molecular complexity index is 666. The van der Waals surface area contributed by atoms with Gasteiger partial charge in [0.1, 0.15) is 5.82 Å². The molecule has 6 nitrogen and oxygen atoms in total. The van der Waals surface area contributed by atoms with Crippen molar-refractivity contribution in [1.29, 1.82) is 0 Å². The van der Waals surface area contributed by atoms with Crippen LogP contribution in [-0.4, -0.2) is 18.4 Å². The summed E-state index contributed by atoms with van der Waals surface area (Å²) < 4.78 is 26.9. The minimum Gasteiger partial charge on any atom is -0.347 e. The largest absolute Gasteiger partial charge is 0.347 e. The number of nitrogens with two attached hydrogens (primary N) is 1. The molecule has 0 aliphatic rings. The van der Waals surface area contributed by atoms with Crippen molar-refractivity contribution in [3.63, 3.8) is 0 Å². The number of hydrogen-bond acceptors (Lipinski definition) is 4. The molecule has 0 unspecified atom stereocenters. The molecule has 108 valence electrons. The monoisotopic (exact) mass is 294 g/mol.